The summed E-state index contributed by atoms with van der Waals surface area (Å²) in [5.41, 5.74) is 0. The fourth-order valence-corrected chi connectivity index (χ4v) is 6.06. The van der Waals surface area contributed by atoms with E-state index >= 15 is 0 Å². The highest BCUT2D eigenvalue weighted by molar-refractivity contribution is 7.47. The Morgan fingerprint density at radius 3 is 1.87 bits per heavy atom. The fraction of sp³-hybridized carbons (Fsp3) is 0.667. The zero-order valence-corrected chi connectivity index (χ0v) is 36.1. The molecule has 0 heterocycles. The molecule has 0 aromatic carbocycles. The largest absolute Gasteiger partial charge is 0.472 e. The van der Waals surface area contributed by atoms with E-state index < -0.39 is 26.1 Å². The maximum Gasteiger partial charge on any atom is 0.472 e. The molecule has 1 amide bonds. The molecule has 0 aliphatic carbocycles. The third-order valence-electron chi connectivity index (χ3n) is 8.71. The van der Waals surface area contributed by atoms with E-state index in [1.165, 1.54) is 57.8 Å². The normalized spacial score (nSPS) is 15.9. The summed E-state index contributed by atoms with van der Waals surface area (Å²) < 4.78 is 23.4. The Kier molecular flexibility index (Phi) is 34.5. The second kappa shape index (κ2) is 36.0. The minimum absolute atomic E-state index is 0.0363. The maximum atomic E-state index is 12.8. The summed E-state index contributed by atoms with van der Waals surface area (Å²) in [5, 5.41) is 23.6. The SMILES string of the molecule is CC/C=C\CC(O)/C=C/C=C/C/C=C\C/C=C\C/C=C\CCC(=O)N[C@@H](COP(=O)(O)OCC[N+](C)(C)C)[C@H](O)/C=C/CCCCCCCCCCCCC. The van der Waals surface area contributed by atoms with Crippen LogP contribution >= 0.6 is 7.82 Å². The van der Waals surface area contributed by atoms with Crippen molar-refractivity contribution in [3.8, 4) is 0 Å². The number of carbonyl (C=O) groups is 1. The van der Waals surface area contributed by atoms with Crippen LogP contribution in [0.4, 0.5) is 0 Å². The molecule has 0 fully saturated rings. The van der Waals surface area contributed by atoms with Gasteiger partial charge in [0.1, 0.15) is 13.2 Å². The molecule has 0 radical (unpaired) electrons. The number of likely N-dealkylation sites (N-methyl/N-ethyl adjacent to an activating group) is 1. The topological polar surface area (TPSA) is 125 Å². The van der Waals surface area contributed by atoms with Crippen molar-refractivity contribution in [3.05, 3.63) is 85.1 Å². The van der Waals surface area contributed by atoms with Gasteiger partial charge in [0, 0.05) is 6.42 Å². The Labute approximate surface area is 336 Å². The number of aliphatic hydroxyl groups is 2. The number of hydrogen-bond acceptors (Lipinski definition) is 6. The number of aliphatic hydroxyl groups excluding tert-OH is 2. The van der Waals surface area contributed by atoms with Crippen LogP contribution in [0, 0.1) is 0 Å². The first-order valence-electron chi connectivity index (χ1n) is 21.1. The molecule has 0 saturated carbocycles. The van der Waals surface area contributed by atoms with Crippen molar-refractivity contribution in [2.45, 2.75) is 154 Å². The monoisotopic (exact) mass is 792 g/mol. The second-order valence-corrected chi connectivity index (χ2v) is 16.6. The molecule has 0 spiro atoms. The molecular formula is C45H80N2O7P+. The van der Waals surface area contributed by atoms with Gasteiger partial charge < -0.3 is 24.9 Å². The number of carbonyl (C=O) groups excluding carboxylic acids is 1. The van der Waals surface area contributed by atoms with Crippen LogP contribution in [0.5, 0.6) is 0 Å². The standard InChI is InChI=1S/C45H79N2O7P/c1-6-8-10-11-12-13-14-16-20-23-26-29-33-37-44(49)43(41-54-55(51,52)53-40-39-47(3,4)5)46-45(50)38-34-30-27-24-21-18-15-17-19-22-25-28-32-36-42(48)35-31-9-7-2/h9,17-19,21,25,27-28,30-33,36-37,42-44,48-49H,6-8,10-16,20,22-24,26,29,34-35,38-41H2,1-5H3,(H-,46,50,51,52)/p+1/b19-17-,21-18-,28-25+,30-27-,31-9-,36-32+,37-33+/t42?,43-,44+/m0/s1. The number of nitrogens with one attached hydrogen (secondary N) is 1. The number of hydrogen-bond donors (Lipinski definition) is 4. The number of phosphoric acid groups is 1. The van der Waals surface area contributed by atoms with Gasteiger partial charge >= 0.3 is 7.82 Å². The van der Waals surface area contributed by atoms with E-state index in [4.69, 9.17) is 9.05 Å². The van der Waals surface area contributed by atoms with Gasteiger partial charge in [0.05, 0.1) is 46.0 Å². The number of rotatable bonds is 36. The second-order valence-electron chi connectivity index (χ2n) is 15.2. The molecule has 9 nitrogen and oxygen atoms in total. The maximum absolute atomic E-state index is 12.8. The molecule has 0 aliphatic rings. The van der Waals surface area contributed by atoms with E-state index in [-0.39, 0.29) is 25.5 Å². The van der Waals surface area contributed by atoms with Crippen LogP contribution in [0.1, 0.15) is 136 Å². The molecule has 4 atom stereocenters. The summed E-state index contributed by atoms with van der Waals surface area (Å²) in [6.07, 6.45) is 45.6. The quantitative estimate of drug-likeness (QED) is 0.0164. The third kappa shape index (κ3) is 38.3. The molecule has 0 saturated heterocycles. The number of nitrogens with zero attached hydrogens (tertiary/aromatic N) is 1. The lowest BCUT2D eigenvalue weighted by Crippen LogP contribution is -2.45. The number of unbranched alkanes of at least 4 members (excludes halogenated alkanes) is 11. The van der Waals surface area contributed by atoms with Gasteiger partial charge in [-0.25, -0.2) is 4.57 Å². The summed E-state index contributed by atoms with van der Waals surface area (Å²) in [6, 6.07) is -0.902. The van der Waals surface area contributed by atoms with E-state index in [9.17, 15) is 24.5 Å². The van der Waals surface area contributed by atoms with Crippen molar-refractivity contribution in [1.82, 2.24) is 5.32 Å². The predicted molar refractivity (Wildman–Crippen MR) is 232 cm³/mol. The van der Waals surface area contributed by atoms with Gasteiger partial charge in [0.2, 0.25) is 5.91 Å². The van der Waals surface area contributed by atoms with Gasteiger partial charge in [-0.05, 0) is 51.4 Å². The van der Waals surface area contributed by atoms with Crippen molar-refractivity contribution >= 4 is 13.7 Å². The lowest BCUT2D eigenvalue weighted by Gasteiger charge is -2.25. The van der Waals surface area contributed by atoms with Crippen molar-refractivity contribution < 1.29 is 38.0 Å². The van der Waals surface area contributed by atoms with Gasteiger partial charge in [-0.1, -0.05) is 163 Å². The molecule has 4 N–H and O–H groups in total. The molecule has 0 rings (SSSR count). The van der Waals surface area contributed by atoms with Crippen molar-refractivity contribution in [2.24, 2.45) is 0 Å². The summed E-state index contributed by atoms with van der Waals surface area (Å²) in [4.78, 5) is 23.0. The van der Waals surface area contributed by atoms with E-state index in [1.807, 2.05) is 63.7 Å². The van der Waals surface area contributed by atoms with E-state index in [0.717, 1.165) is 44.9 Å². The van der Waals surface area contributed by atoms with Crippen LogP contribution in [0.15, 0.2) is 85.1 Å². The van der Waals surface area contributed by atoms with Gasteiger partial charge in [-0.2, -0.15) is 0 Å². The number of amides is 1. The summed E-state index contributed by atoms with van der Waals surface area (Å²) >= 11 is 0. The zero-order chi connectivity index (χ0) is 40.9. The van der Waals surface area contributed by atoms with Gasteiger partial charge in [-0.15, -0.1) is 0 Å². The Bertz CT molecular complexity index is 1190. The first-order chi connectivity index (χ1) is 26.4. The molecule has 0 aliphatic heterocycles. The Morgan fingerprint density at radius 1 is 0.691 bits per heavy atom. The smallest absolute Gasteiger partial charge is 0.389 e. The van der Waals surface area contributed by atoms with Crippen LogP contribution in [0.25, 0.3) is 0 Å². The molecule has 55 heavy (non-hydrogen) atoms. The first-order valence-corrected chi connectivity index (χ1v) is 22.6. The van der Waals surface area contributed by atoms with E-state index in [2.05, 4.69) is 49.5 Å². The van der Waals surface area contributed by atoms with Crippen LogP contribution < -0.4 is 5.32 Å². The van der Waals surface area contributed by atoms with Crippen molar-refractivity contribution in [3.63, 3.8) is 0 Å². The van der Waals surface area contributed by atoms with Crippen LogP contribution in [0.2, 0.25) is 0 Å². The van der Waals surface area contributed by atoms with Gasteiger partial charge in [0.25, 0.3) is 0 Å². The first kappa shape index (κ1) is 52.6. The zero-order valence-electron chi connectivity index (χ0n) is 35.2. The van der Waals surface area contributed by atoms with Crippen LogP contribution in [0.3, 0.4) is 0 Å². The molecule has 2 unspecified atom stereocenters. The van der Waals surface area contributed by atoms with Crippen molar-refractivity contribution in [2.75, 3.05) is 40.9 Å². The lowest BCUT2D eigenvalue weighted by molar-refractivity contribution is -0.870. The molecule has 10 heteroatoms. The highest BCUT2D eigenvalue weighted by Gasteiger charge is 2.27. The summed E-state index contributed by atoms with van der Waals surface area (Å²) in [7, 11) is 1.48. The number of quaternary nitrogens is 1. The lowest BCUT2D eigenvalue weighted by atomic mass is 10.0. The summed E-state index contributed by atoms with van der Waals surface area (Å²) in [5.74, 6) is -0.277. The highest BCUT2D eigenvalue weighted by Crippen LogP contribution is 2.43. The highest BCUT2D eigenvalue weighted by atomic mass is 31.2. The molecule has 0 bridgehead atoms. The Hall–Kier alpha value is -2.36. The third-order valence-corrected chi connectivity index (χ3v) is 9.70. The van der Waals surface area contributed by atoms with Crippen molar-refractivity contribution in [1.29, 1.82) is 0 Å². The van der Waals surface area contributed by atoms with E-state index in [1.54, 1.807) is 12.2 Å². The Balaban J connectivity index is 4.66. The molecule has 0 aromatic heterocycles. The summed E-state index contributed by atoms with van der Waals surface area (Å²) in [6.45, 7) is 4.51. The van der Waals surface area contributed by atoms with Gasteiger partial charge in [-0.3, -0.25) is 13.8 Å². The molecule has 0 aromatic rings. The number of allylic oxidation sites excluding steroid dienone is 11. The van der Waals surface area contributed by atoms with Crippen LogP contribution in [-0.4, -0.2) is 84.6 Å². The minimum Gasteiger partial charge on any atom is -0.389 e. The number of phosphoric ester groups is 1. The fourth-order valence-electron chi connectivity index (χ4n) is 5.32. The molecular weight excluding hydrogens is 711 g/mol. The predicted octanol–water partition coefficient (Wildman–Crippen LogP) is 10.4. The minimum atomic E-state index is -4.37. The Morgan fingerprint density at radius 2 is 1.27 bits per heavy atom. The average molecular weight is 792 g/mol. The van der Waals surface area contributed by atoms with Crippen LogP contribution in [-0.2, 0) is 18.4 Å². The van der Waals surface area contributed by atoms with E-state index in [0.29, 0.717) is 23.9 Å². The molecule has 316 valence electrons. The van der Waals surface area contributed by atoms with Gasteiger partial charge in [0.15, 0.2) is 0 Å². The average Bonchev–Trinajstić information content (AvgIpc) is 3.13.